The molecule has 2 aromatic heterocycles. The molecule has 1 aliphatic rings. The molecule has 1 amide bonds. The van der Waals surface area contributed by atoms with Crippen molar-refractivity contribution in [1.82, 2.24) is 14.8 Å². The first-order valence-corrected chi connectivity index (χ1v) is 9.59. The lowest BCUT2D eigenvalue weighted by Gasteiger charge is -2.23. The number of fused-ring (bicyclic) bond motifs is 1. The number of aryl methyl sites for hydroxylation is 1. The maximum absolute atomic E-state index is 14.1. The zero-order valence-corrected chi connectivity index (χ0v) is 15.5. The molecule has 9 heteroatoms. The zero-order valence-electron chi connectivity index (χ0n) is 14.7. The van der Waals surface area contributed by atoms with Gasteiger partial charge in [0.15, 0.2) is 10.9 Å². The van der Waals surface area contributed by atoms with Gasteiger partial charge in [0.25, 0.3) is 5.91 Å². The quantitative estimate of drug-likeness (QED) is 0.666. The highest BCUT2D eigenvalue weighted by Crippen LogP contribution is 2.32. The van der Waals surface area contributed by atoms with Crippen LogP contribution in [0.2, 0.25) is 0 Å². The third-order valence-corrected chi connectivity index (χ3v) is 5.55. The Balaban J connectivity index is 1.75. The Bertz CT molecular complexity index is 981. The molecule has 1 aromatic carbocycles. The van der Waals surface area contributed by atoms with Crippen molar-refractivity contribution in [3.05, 3.63) is 41.7 Å². The molecule has 3 heterocycles. The molecule has 27 heavy (non-hydrogen) atoms. The number of ether oxygens (including phenoxy) is 1. The van der Waals surface area contributed by atoms with Gasteiger partial charge < -0.3 is 4.74 Å². The molecule has 0 spiro atoms. The van der Waals surface area contributed by atoms with Gasteiger partial charge in [-0.3, -0.25) is 14.4 Å². The third kappa shape index (κ3) is 3.44. The van der Waals surface area contributed by atoms with Crippen LogP contribution < -0.4 is 4.90 Å². The van der Waals surface area contributed by atoms with Crippen molar-refractivity contribution >= 4 is 32.6 Å². The van der Waals surface area contributed by atoms with Crippen LogP contribution in [0.15, 0.2) is 24.4 Å². The summed E-state index contributed by atoms with van der Waals surface area (Å²) in [5.74, 6) is -1.70. The van der Waals surface area contributed by atoms with Crippen LogP contribution in [0.1, 0.15) is 30.3 Å². The van der Waals surface area contributed by atoms with Crippen molar-refractivity contribution in [3.63, 3.8) is 0 Å². The molecule has 3 aromatic rings. The first kappa shape index (κ1) is 18.0. The molecule has 6 nitrogen and oxygen atoms in total. The summed E-state index contributed by atoms with van der Waals surface area (Å²) in [6.07, 6.45) is 3.22. The summed E-state index contributed by atoms with van der Waals surface area (Å²) in [5, 5.41) is 4.46. The molecule has 0 radical (unpaired) electrons. The fraction of sp³-hybridized carbons (Fsp3) is 0.389. The topological polar surface area (TPSA) is 60.2 Å². The van der Waals surface area contributed by atoms with Crippen molar-refractivity contribution in [3.8, 4) is 0 Å². The van der Waals surface area contributed by atoms with E-state index in [1.165, 1.54) is 11.0 Å². The standard InChI is InChI=1S/C18H18F2N4O2S/c1-2-24-14(5-6-21-24)17(25)23(10-12-4-3-7-26-12)18-22-16-13(20)8-11(19)9-15(16)27-18/h5-6,8-9,12H,2-4,7,10H2,1H3. The number of benzene rings is 1. The van der Waals surface area contributed by atoms with Gasteiger partial charge in [0.05, 0.1) is 17.3 Å². The van der Waals surface area contributed by atoms with Crippen LogP contribution in [0, 0.1) is 11.6 Å². The van der Waals surface area contributed by atoms with Crippen molar-refractivity contribution in [2.45, 2.75) is 32.4 Å². The van der Waals surface area contributed by atoms with E-state index in [-0.39, 0.29) is 17.5 Å². The third-order valence-electron chi connectivity index (χ3n) is 4.52. The number of rotatable bonds is 5. The minimum absolute atomic E-state index is 0.0607. The van der Waals surface area contributed by atoms with Crippen LogP contribution in [0.4, 0.5) is 13.9 Å². The highest BCUT2D eigenvalue weighted by molar-refractivity contribution is 7.22. The fourth-order valence-corrected chi connectivity index (χ4v) is 4.22. The molecule has 0 aliphatic carbocycles. The molecule has 0 N–H and O–H groups in total. The van der Waals surface area contributed by atoms with Crippen LogP contribution >= 0.6 is 11.3 Å². The number of halogens is 2. The van der Waals surface area contributed by atoms with Gasteiger partial charge in [-0.2, -0.15) is 5.10 Å². The maximum Gasteiger partial charge on any atom is 0.278 e. The smallest absolute Gasteiger partial charge is 0.278 e. The molecule has 0 saturated carbocycles. The Kier molecular flexibility index (Phi) is 4.88. The number of anilines is 1. The lowest BCUT2D eigenvalue weighted by molar-refractivity contribution is 0.0908. The van der Waals surface area contributed by atoms with Gasteiger partial charge in [-0.15, -0.1) is 0 Å². The van der Waals surface area contributed by atoms with E-state index in [0.717, 1.165) is 30.2 Å². The number of hydrogen-bond acceptors (Lipinski definition) is 5. The summed E-state index contributed by atoms with van der Waals surface area (Å²) in [6, 6.07) is 3.66. The summed E-state index contributed by atoms with van der Waals surface area (Å²) in [7, 11) is 0. The van der Waals surface area contributed by atoms with Crippen LogP contribution in [0.5, 0.6) is 0 Å². The predicted molar refractivity (Wildman–Crippen MR) is 98.1 cm³/mol. The Morgan fingerprint density at radius 1 is 1.44 bits per heavy atom. The molecule has 4 rings (SSSR count). The first-order chi connectivity index (χ1) is 13.1. The predicted octanol–water partition coefficient (Wildman–Crippen LogP) is 3.62. The summed E-state index contributed by atoms with van der Waals surface area (Å²) in [6.45, 7) is 3.39. The fourth-order valence-electron chi connectivity index (χ4n) is 3.21. The second-order valence-corrected chi connectivity index (χ2v) is 7.32. The Morgan fingerprint density at radius 2 is 2.30 bits per heavy atom. The van der Waals surface area contributed by atoms with Gasteiger partial charge in [0.2, 0.25) is 0 Å². The summed E-state index contributed by atoms with van der Waals surface area (Å²) >= 11 is 1.08. The summed E-state index contributed by atoms with van der Waals surface area (Å²) in [5.41, 5.74) is 0.479. The van der Waals surface area contributed by atoms with Crippen molar-refractivity contribution < 1.29 is 18.3 Å². The average Bonchev–Trinajstić information content (AvgIpc) is 3.38. The first-order valence-electron chi connectivity index (χ1n) is 8.77. The zero-order chi connectivity index (χ0) is 19.0. The van der Waals surface area contributed by atoms with Gasteiger partial charge in [0, 0.05) is 25.4 Å². The van der Waals surface area contributed by atoms with Crippen LogP contribution in [-0.2, 0) is 11.3 Å². The highest BCUT2D eigenvalue weighted by Gasteiger charge is 2.29. The van der Waals surface area contributed by atoms with Gasteiger partial charge in [-0.25, -0.2) is 13.8 Å². The largest absolute Gasteiger partial charge is 0.376 e. The van der Waals surface area contributed by atoms with E-state index in [4.69, 9.17) is 4.74 Å². The molecule has 142 valence electrons. The van der Waals surface area contributed by atoms with Crippen LogP contribution in [0.25, 0.3) is 10.2 Å². The van der Waals surface area contributed by atoms with E-state index >= 15 is 0 Å². The summed E-state index contributed by atoms with van der Waals surface area (Å²) < 4.78 is 35.3. The molecular weight excluding hydrogens is 374 g/mol. The minimum atomic E-state index is -0.740. The number of thiazole rings is 1. The lowest BCUT2D eigenvalue weighted by atomic mass is 10.2. The van der Waals surface area contributed by atoms with E-state index in [1.54, 1.807) is 16.9 Å². The lowest BCUT2D eigenvalue weighted by Crippen LogP contribution is -2.38. The molecule has 1 unspecified atom stereocenters. The Labute approximate surface area is 158 Å². The molecule has 1 aliphatic heterocycles. The number of amides is 1. The van der Waals surface area contributed by atoms with Crippen LogP contribution in [-0.4, -0.2) is 39.9 Å². The number of nitrogens with zero attached hydrogens (tertiary/aromatic N) is 4. The number of carbonyl (C=O) groups excluding carboxylic acids is 1. The average molecular weight is 392 g/mol. The van der Waals surface area contributed by atoms with Crippen molar-refractivity contribution in [2.24, 2.45) is 0 Å². The van der Waals surface area contributed by atoms with Crippen molar-refractivity contribution in [2.75, 3.05) is 18.1 Å². The summed E-state index contributed by atoms with van der Waals surface area (Å²) in [4.78, 5) is 19.0. The SMILES string of the molecule is CCn1nccc1C(=O)N(CC1CCCO1)c1nc2c(F)cc(F)cc2s1. The maximum atomic E-state index is 14.1. The van der Waals surface area contributed by atoms with Crippen LogP contribution in [0.3, 0.4) is 0 Å². The van der Waals surface area contributed by atoms with Gasteiger partial charge in [-0.05, 0) is 31.9 Å². The van der Waals surface area contributed by atoms with E-state index in [0.29, 0.717) is 35.2 Å². The molecular formula is C18H18F2N4O2S. The van der Waals surface area contributed by atoms with Gasteiger partial charge in [0.1, 0.15) is 17.0 Å². The second-order valence-electron chi connectivity index (χ2n) is 6.31. The molecule has 1 atom stereocenters. The van der Waals surface area contributed by atoms with E-state index in [9.17, 15) is 13.6 Å². The normalized spacial score (nSPS) is 16.9. The van der Waals surface area contributed by atoms with Gasteiger partial charge in [-0.1, -0.05) is 11.3 Å². The number of aromatic nitrogens is 3. The molecule has 1 fully saturated rings. The number of carbonyl (C=O) groups is 1. The van der Waals surface area contributed by atoms with E-state index in [2.05, 4.69) is 10.1 Å². The van der Waals surface area contributed by atoms with Gasteiger partial charge >= 0.3 is 0 Å². The Hall–Kier alpha value is -2.39. The molecule has 0 bridgehead atoms. The monoisotopic (exact) mass is 392 g/mol. The molecule has 1 saturated heterocycles. The second kappa shape index (κ2) is 7.32. The Morgan fingerprint density at radius 3 is 3.04 bits per heavy atom. The highest BCUT2D eigenvalue weighted by atomic mass is 32.1. The van der Waals surface area contributed by atoms with E-state index < -0.39 is 11.6 Å². The number of hydrogen-bond donors (Lipinski definition) is 0. The minimum Gasteiger partial charge on any atom is -0.376 e. The van der Waals surface area contributed by atoms with Crippen molar-refractivity contribution in [1.29, 1.82) is 0 Å². The van der Waals surface area contributed by atoms with E-state index in [1.807, 2.05) is 6.92 Å².